The molecule has 5 heteroatoms. The lowest BCUT2D eigenvalue weighted by Gasteiger charge is -2.38. The Balaban J connectivity index is 1.39. The Morgan fingerprint density at radius 3 is 2.04 bits per heavy atom. The molecule has 5 nitrogen and oxygen atoms in total. The number of rotatable bonds is 5. The lowest BCUT2D eigenvalue weighted by molar-refractivity contribution is -0.139. The van der Waals surface area contributed by atoms with Crippen molar-refractivity contribution < 1.29 is 9.59 Å². The van der Waals surface area contributed by atoms with Gasteiger partial charge in [-0.25, -0.2) is 0 Å². The van der Waals surface area contributed by atoms with Crippen LogP contribution in [0.4, 0.5) is 0 Å². The number of carbonyl (C=O) groups excluding carboxylic acids is 2. The topological polar surface area (TPSA) is 52.7 Å². The molecular weight excluding hydrogens is 326 g/mol. The molecule has 0 aromatic rings. The number of piperidine rings is 1. The number of ketones is 1. The molecule has 2 aliphatic heterocycles. The first-order chi connectivity index (χ1) is 12.5. The SMILES string of the molecule is CC(C)C(=O)C1CCC(C(=O)N2CCC(CN3CCNCC3)CC2)CC1. The predicted octanol–water partition coefficient (Wildman–Crippen LogP) is 2.16. The first-order valence-corrected chi connectivity index (χ1v) is 10.8. The van der Waals surface area contributed by atoms with Crippen LogP contribution in [0.2, 0.25) is 0 Å². The van der Waals surface area contributed by atoms with Crippen LogP contribution in [0.25, 0.3) is 0 Å². The zero-order chi connectivity index (χ0) is 18.5. The summed E-state index contributed by atoms with van der Waals surface area (Å²) >= 11 is 0. The Morgan fingerprint density at radius 1 is 0.885 bits per heavy atom. The minimum absolute atomic E-state index is 0.127. The molecule has 148 valence electrons. The normalized spacial score (nSPS) is 29.1. The molecule has 0 bridgehead atoms. The summed E-state index contributed by atoms with van der Waals surface area (Å²) in [6.45, 7) is 11.6. The first-order valence-electron chi connectivity index (χ1n) is 10.8. The van der Waals surface area contributed by atoms with Gasteiger partial charge in [0.1, 0.15) is 5.78 Å². The van der Waals surface area contributed by atoms with E-state index in [2.05, 4.69) is 15.1 Å². The van der Waals surface area contributed by atoms with E-state index in [1.807, 2.05) is 13.8 Å². The Hall–Kier alpha value is -0.940. The van der Waals surface area contributed by atoms with Crippen LogP contribution in [0.1, 0.15) is 52.4 Å². The third kappa shape index (κ3) is 5.07. The third-order valence-corrected chi connectivity index (χ3v) is 6.70. The standard InChI is InChI=1S/C21H37N3O2/c1-16(2)20(25)18-3-5-19(6-4-18)21(26)24-11-7-17(8-12-24)15-23-13-9-22-10-14-23/h16-19,22H,3-15H2,1-2H3. The van der Waals surface area contributed by atoms with Crippen molar-refractivity contribution in [1.29, 1.82) is 0 Å². The van der Waals surface area contributed by atoms with Gasteiger partial charge in [-0.1, -0.05) is 13.8 Å². The van der Waals surface area contributed by atoms with Gasteiger partial charge < -0.3 is 15.1 Å². The van der Waals surface area contributed by atoms with Crippen LogP contribution in [0.5, 0.6) is 0 Å². The van der Waals surface area contributed by atoms with Gasteiger partial charge in [-0.3, -0.25) is 9.59 Å². The average molecular weight is 364 g/mol. The molecule has 1 aliphatic carbocycles. The monoisotopic (exact) mass is 363 g/mol. The molecule has 1 saturated carbocycles. The molecule has 3 rings (SSSR count). The van der Waals surface area contributed by atoms with Crippen LogP contribution >= 0.6 is 0 Å². The summed E-state index contributed by atoms with van der Waals surface area (Å²) < 4.78 is 0. The van der Waals surface area contributed by atoms with E-state index >= 15 is 0 Å². The molecule has 0 aromatic carbocycles. The molecule has 3 aliphatic rings. The molecule has 0 spiro atoms. The summed E-state index contributed by atoms with van der Waals surface area (Å²) in [5.74, 6) is 1.99. The number of hydrogen-bond donors (Lipinski definition) is 1. The van der Waals surface area contributed by atoms with E-state index in [-0.39, 0.29) is 17.8 Å². The van der Waals surface area contributed by atoms with Crippen LogP contribution < -0.4 is 5.32 Å². The van der Waals surface area contributed by atoms with Gasteiger partial charge in [0.2, 0.25) is 5.91 Å². The van der Waals surface area contributed by atoms with Crippen LogP contribution in [0.3, 0.4) is 0 Å². The van der Waals surface area contributed by atoms with Crippen molar-refractivity contribution in [3.63, 3.8) is 0 Å². The minimum atomic E-state index is 0.127. The minimum Gasteiger partial charge on any atom is -0.342 e. The second-order valence-corrected chi connectivity index (χ2v) is 8.92. The second-order valence-electron chi connectivity index (χ2n) is 8.92. The number of likely N-dealkylation sites (tertiary alicyclic amines) is 1. The van der Waals surface area contributed by atoms with Crippen molar-refractivity contribution in [2.45, 2.75) is 52.4 Å². The van der Waals surface area contributed by atoms with Gasteiger partial charge in [0.25, 0.3) is 0 Å². The molecule has 26 heavy (non-hydrogen) atoms. The highest BCUT2D eigenvalue weighted by Gasteiger charge is 2.34. The molecule has 1 amide bonds. The molecule has 0 radical (unpaired) electrons. The summed E-state index contributed by atoms with van der Waals surface area (Å²) in [6.07, 6.45) is 5.93. The number of nitrogens with one attached hydrogen (secondary N) is 1. The molecule has 3 fully saturated rings. The summed E-state index contributed by atoms with van der Waals surface area (Å²) in [5.41, 5.74) is 0. The van der Waals surface area contributed by atoms with Crippen LogP contribution in [0.15, 0.2) is 0 Å². The van der Waals surface area contributed by atoms with E-state index in [4.69, 9.17) is 0 Å². The van der Waals surface area contributed by atoms with Crippen molar-refractivity contribution in [2.75, 3.05) is 45.8 Å². The van der Waals surface area contributed by atoms with Gasteiger partial charge in [0, 0.05) is 63.6 Å². The average Bonchev–Trinajstić information content (AvgIpc) is 2.68. The molecule has 0 unspecified atom stereocenters. The highest BCUT2D eigenvalue weighted by atomic mass is 16.2. The van der Waals surface area contributed by atoms with Gasteiger partial charge in [-0.15, -0.1) is 0 Å². The Morgan fingerprint density at radius 2 is 1.46 bits per heavy atom. The first kappa shape index (κ1) is 19.8. The maximum atomic E-state index is 12.9. The fourth-order valence-corrected chi connectivity index (χ4v) is 4.95. The van der Waals surface area contributed by atoms with Gasteiger partial charge in [0.05, 0.1) is 0 Å². The van der Waals surface area contributed by atoms with E-state index in [1.54, 1.807) is 0 Å². The maximum Gasteiger partial charge on any atom is 0.225 e. The van der Waals surface area contributed by atoms with E-state index in [9.17, 15) is 9.59 Å². The number of hydrogen-bond acceptors (Lipinski definition) is 4. The second kappa shape index (κ2) is 9.32. The lowest BCUT2D eigenvalue weighted by atomic mass is 9.77. The highest BCUT2D eigenvalue weighted by Crippen LogP contribution is 2.33. The summed E-state index contributed by atoms with van der Waals surface area (Å²) in [7, 11) is 0. The van der Waals surface area contributed by atoms with E-state index in [0.29, 0.717) is 11.7 Å². The van der Waals surface area contributed by atoms with Gasteiger partial charge in [-0.2, -0.15) is 0 Å². The number of carbonyl (C=O) groups is 2. The summed E-state index contributed by atoms with van der Waals surface area (Å²) in [5, 5.41) is 3.41. The quantitative estimate of drug-likeness (QED) is 0.813. The fraction of sp³-hybridized carbons (Fsp3) is 0.905. The van der Waals surface area contributed by atoms with Crippen molar-refractivity contribution in [1.82, 2.24) is 15.1 Å². The van der Waals surface area contributed by atoms with Gasteiger partial charge >= 0.3 is 0 Å². The zero-order valence-electron chi connectivity index (χ0n) is 16.7. The smallest absolute Gasteiger partial charge is 0.225 e. The van der Waals surface area contributed by atoms with Crippen molar-refractivity contribution in [3.05, 3.63) is 0 Å². The molecule has 2 heterocycles. The van der Waals surface area contributed by atoms with Crippen molar-refractivity contribution in [2.24, 2.45) is 23.7 Å². The van der Waals surface area contributed by atoms with E-state index < -0.39 is 0 Å². The number of Topliss-reactive ketones (excluding diaryl/α,β-unsaturated/α-hetero) is 1. The molecule has 0 atom stereocenters. The summed E-state index contributed by atoms with van der Waals surface area (Å²) in [6, 6.07) is 0. The van der Waals surface area contributed by atoms with Crippen LogP contribution in [0, 0.1) is 23.7 Å². The van der Waals surface area contributed by atoms with Crippen molar-refractivity contribution >= 4 is 11.7 Å². The predicted molar refractivity (Wildman–Crippen MR) is 104 cm³/mol. The Labute approximate surface area is 158 Å². The highest BCUT2D eigenvalue weighted by molar-refractivity contribution is 5.83. The third-order valence-electron chi connectivity index (χ3n) is 6.70. The van der Waals surface area contributed by atoms with Crippen LogP contribution in [-0.2, 0) is 9.59 Å². The van der Waals surface area contributed by atoms with E-state index in [1.165, 1.54) is 6.54 Å². The zero-order valence-corrected chi connectivity index (χ0v) is 16.7. The number of piperazine rings is 1. The molecule has 1 N–H and O–H groups in total. The van der Waals surface area contributed by atoms with Crippen molar-refractivity contribution in [3.8, 4) is 0 Å². The lowest BCUT2D eigenvalue weighted by Crippen LogP contribution is -2.48. The Kier molecular flexibility index (Phi) is 7.10. The summed E-state index contributed by atoms with van der Waals surface area (Å²) in [4.78, 5) is 29.7. The van der Waals surface area contributed by atoms with Gasteiger partial charge in [-0.05, 0) is 44.4 Å². The van der Waals surface area contributed by atoms with E-state index in [0.717, 1.165) is 83.7 Å². The Bertz CT molecular complexity index is 472. The fourth-order valence-electron chi connectivity index (χ4n) is 4.95. The maximum absolute atomic E-state index is 12.9. The molecular formula is C21H37N3O2. The van der Waals surface area contributed by atoms with Gasteiger partial charge in [0.15, 0.2) is 0 Å². The number of nitrogens with zero attached hydrogens (tertiary/aromatic N) is 2. The van der Waals surface area contributed by atoms with Crippen LogP contribution in [-0.4, -0.2) is 67.3 Å². The largest absolute Gasteiger partial charge is 0.342 e. The number of amides is 1. The molecule has 2 saturated heterocycles. The molecule has 0 aromatic heterocycles.